The van der Waals surface area contributed by atoms with Crippen LogP contribution in [0.5, 0.6) is 5.75 Å². The van der Waals surface area contributed by atoms with E-state index in [0.29, 0.717) is 12.5 Å². The molecule has 0 spiro atoms. The van der Waals surface area contributed by atoms with Gasteiger partial charge in [0.2, 0.25) is 5.96 Å². The normalized spacial score (nSPS) is 18.0. The number of nitrogens with two attached hydrogens (primary N) is 1. The molecule has 0 fully saturated rings. The Bertz CT molecular complexity index is 740. The van der Waals surface area contributed by atoms with E-state index < -0.39 is 0 Å². The van der Waals surface area contributed by atoms with E-state index in [-0.39, 0.29) is 5.92 Å². The molecule has 0 amide bonds. The Hall–Kier alpha value is -2.82. The molecule has 5 nitrogen and oxygen atoms in total. The first-order chi connectivity index (χ1) is 11.2. The highest BCUT2D eigenvalue weighted by atomic mass is 16.5. The summed E-state index contributed by atoms with van der Waals surface area (Å²) in [6.07, 6.45) is 0. The number of benzene rings is 2. The van der Waals surface area contributed by atoms with Crippen LogP contribution in [0.1, 0.15) is 12.5 Å². The van der Waals surface area contributed by atoms with Crippen molar-refractivity contribution >= 4 is 17.4 Å². The van der Waals surface area contributed by atoms with Crippen LogP contribution < -0.4 is 10.5 Å². The number of aliphatic imine (C=N–C) groups is 1. The summed E-state index contributed by atoms with van der Waals surface area (Å²) in [7, 11) is 1.67. The second-order valence-electron chi connectivity index (χ2n) is 5.47. The molecule has 0 aliphatic carbocycles. The van der Waals surface area contributed by atoms with Gasteiger partial charge < -0.3 is 10.5 Å². The van der Waals surface area contributed by atoms with Gasteiger partial charge in [0.25, 0.3) is 0 Å². The Morgan fingerprint density at radius 2 is 1.87 bits per heavy atom. The number of rotatable bonds is 3. The van der Waals surface area contributed by atoms with Crippen molar-refractivity contribution in [2.24, 2.45) is 21.7 Å². The quantitative estimate of drug-likeness (QED) is 0.700. The van der Waals surface area contributed by atoms with Gasteiger partial charge in [-0.15, -0.1) is 0 Å². The maximum absolute atomic E-state index is 6.12. The van der Waals surface area contributed by atoms with E-state index in [4.69, 9.17) is 10.5 Å². The number of ether oxygens (including phenoxy) is 1. The van der Waals surface area contributed by atoms with Gasteiger partial charge in [-0.2, -0.15) is 5.10 Å². The van der Waals surface area contributed by atoms with Crippen LogP contribution in [-0.4, -0.2) is 30.3 Å². The highest BCUT2D eigenvalue weighted by molar-refractivity contribution is 6.06. The molecule has 1 heterocycles. The molecule has 0 bridgehead atoms. The van der Waals surface area contributed by atoms with Crippen molar-refractivity contribution in [3.05, 3.63) is 60.2 Å². The zero-order valence-corrected chi connectivity index (χ0v) is 13.3. The molecule has 118 valence electrons. The molecular weight excluding hydrogens is 288 g/mol. The minimum atomic E-state index is 0.246. The summed E-state index contributed by atoms with van der Waals surface area (Å²) in [6.45, 7) is 2.83. The Morgan fingerprint density at radius 1 is 1.17 bits per heavy atom. The second kappa shape index (κ2) is 6.52. The lowest BCUT2D eigenvalue weighted by Gasteiger charge is -2.12. The van der Waals surface area contributed by atoms with Crippen molar-refractivity contribution in [1.29, 1.82) is 0 Å². The molecule has 1 aliphatic heterocycles. The summed E-state index contributed by atoms with van der Waals surface area (Å²) >= 11 is 0. The Kier molecular flexibility index (Phi) is 4.28. The lowest BCUT2D eigenvalue weighted by Crippen LogP contribution is -2.32. The van der Waals surface area contributed by atoms with Crippen LogP contribution in [0, 0.1) is 5.92 Å². The number of hydrogen-bond donors (Lipinski definition) is 1. The van der Waals surface area contributed by atoms with E-state index in [1.54, 1.807) is 12.1 Å². The molecule has 0 saturated carbocycles. The van der Waals surface area contributed by atoms with Gasteiger partial charge in [0.15, 0.2) is 0 Å². The van der Waals surface area contributed by atoms with Gasteiger partial charge in [0.1, 0.15) is 5.75 Å². The number of nitrogens with zero attached hydrogens (tertiary/aromatic N) is 3. The van der Waals surface area contributed by atoms with E-state index in [9.17, 15) is 0 Å². The Labute approximate surface area is 136 Å². The van der Waals surface area contributed by atoms with Gasteiger partial charge in [-0.25, -0.2) is 10.0 Å². The van der Waals surface area contributed by atoms with Gasteiger partial charge in [-0.1, -0.05) is 37.3 Å². The molecule has 0 aromatic heterocycles. The van der Waals surface area contributed by atoms with Gasteiger partial charge >= 0.3 is 0 Å². The van der Waals surface area contributed by atoms with Crippen molar-refractivity contribution in [2.75, 3.05) is 13.7 Å². The Morgan fingerprint density at radius 3 is 2.61 bits per heavy atom. The summed E-state index contributed by atoms with van der Waals surface area (Å²) in [5, 5.41) is 6.41. The fourth-order valence-corrected chi connectivity index (χ4v) is 2.63. The number of methoxy groups -OCH3 is 1. The molecule has 2 aromatic rings. The number of para-hydroxylation sites is 2. The SMILES string of the molecule is COc1ccccc1C1=NN(C(N)=Nc2ccccc2)CC1C. The topological polar surface area (TPSA) is 63.2 Å². The maximum Gasteiger partial charge on any atom is 0.217 e. The third-order valence-corrected chi connectivity index (χ3v) is 3.79. The van der Waals surface area contributed by atoms with E-state index in [1.165, 1.54) is 0 Å². The first kappa shape index (κ1) is 15.1. The third kappa shape index (κ3) is 3.18. The molecule has 1 unspecified atom stereocenters. The lowest BCUT2D eigenvalue weighted by molar-refractivity contribution is 0.413. The molecule has 23 heavy (non-hydrogen) atoms. The maximum atomic E-state index is 6.12. The van der Waals surface area contributed by atoms with Crippen LogP contribution in [-0.2, 0) is 0 Å². The first-order valence-corrected chi connectivity index (χ1v) is 7.57. The van der Waals surface area contributed by atoms with Crippen LogP contribution in [0.3, 0.4) is 0 Å². The summed E-state index contributed by atoms with van der Waals surface area (Å²) in [6, 6.07) is 17.5. The monoisotopic (exact) mass is 308 g/mol. The van der Waals surface area contributed by atoms with Crippen LogP contribution in [0.15, 0.2) is 64.7 Å². The molecule has 2 N–H and O–H groups in total. The number of hydrazone groups is 1. The average Bonchev–Trinajstić information content (AvgIpc) is 2.97. The van der Waals surface area contributed by atoms with Crippen LogP contribution in [0.25, 0.3) is 0 Å². The highest BCUT2D eigenvalue weighted by Crippen LogP contribution is 2.26. The smallest absolute Gasteiger partial charge is 0.217 e. The zero-order chi connectivity index (χ0) is 16.2. The number of guanidine groups is 1. The molecule has 2 aromatic carbocycles. The zero-order valence-electron chi connectivity index (χ0n) is 13.3. The molecular formula is C18H20N4O. The van der Waals surface area contributed by atoms with Gasteiger partial charge in [0, 0.05) is 11.5 Å². The standard InChI is InChI=1S/C18H20N4O/c1-13-12-22(18(19)20-14-8-4-3-5-9-14)21-17(13)15-10-6-7-11-16(15)23-2/h3-11,13H,12H2,1-2H3,(H2,19,20). The van der Waals surface area contributed by atoms with Crippen molar-refractivity contribution in [2.45, 2.75) is 6.92 Å². The van der Waals surface area contributed by atoms with Crippen molar-refractivity contribution in [3.8, 4) is 5.75 Å². The fourth-order valence-electron chi connectivity index (χ4n) is 2.63. The van der Waals surface area contributed by atoms with Gasteiger partial charge in [0.05, 0.1) is 25.1 Å². The number of hydrogen-bond acceptors (Lipinski definition) is 3. The molecule has 1 atom stereocenters. The minimum absolute atomic E-state index is 0.246. The predicted molar refractivity (Wildman–Crippen MR) is 93.1 cm³/mol. The third-order valence-electron chi connectivity index (χ3n) is 3.79. The highest BCUT2D eigenvalue weighted by Gasteiger charge is 2.27. The van der Waals surface area contributed by atoms with Crippen molar-refractivity contribution < 1.29 is 4.74 Å². The fraction of sp³-hybridized carbons (Fsp3) is 0.222. The molecule has 0 saturated heterocycles. The molecule has 3 rings (SSSR count). The summed E-state index contributed by atoms with van der Waals surface area (Å²) in [4.78, 5) is 4.43. The summed E-state index contributed by atoms with van der Waals surface area (Å²) in [5.41, 5.74) is 8.90. The summed E-state index contributed by atoms with van der Waals surface area (Å²) in [5.74, 6) is 1.46. The van der Waals surface area contributed by atoms with Gasteiger partial charge in [-0.3, -0.25) is 0 Å². The average molecular weight is 308 g/mol. The minimum Gasteiger partial charge on any atom is -0.496 e. The van der Waals surface area contributed by atoms with E-state index in [0.717, 1.165) is 22.7 Å². The second-order valence-corrected chi connectivity index (χ2v) is 5.47. The van der Waals surface area contributed by atoms with Crippen molar-refractivity contribution in [1.82, 2.24) is 5.01 Å². The van der Waals surface area contributed by atoms with E-state index in [2.05, 4.69) is 17.0 Å². The lowest BCUT2D eigenvalue weighted by atomic mass is 9.99. The predicted octanol–water partition coefficient (Wildman–Crippen LogP) is 3.00. The van der Waals surface area contributed by atoms with Crippen LogP contribution in [0.4, 0.5) is 5.69 Å². The first-order valence-electron chi connectivity index (χ1n) is 7.57. The van der Waals surface area contributed by atoms with E-state index in [1.807, 2.05) is 54.6 Å². The van der Waals surface area contributed by atoms with Crippen LogP contribution >= 0.6 is 0 Å². The molecule has 0 radical (unpaired) electrons. The van der Waals surface area contributed by atoms with E-state index >= 15 is 0 Å². The van der Waals surface area contributed by atoms with Crippen LogP contribution in [0.2, 0.25) is 0 Å². The molecule has 1 aliphatic rings. The summed E-state index contributed by atoms with van der Waals surface area (Å²) < 4.78 is 5.44. The Balaban J connectivity index is 1.89. The largest absolute Gasteiger partial charge is 0.496 e. The molecule has 5 heteroatoms. The van der Waals surface area contributed by atoms with Gasteiger partial charge in [-0.05, 0) is 24.3 Å². The van der Waals surface area contributed by atoms with Crippen molar-refractivity contribution in [3.63, 3.8) is 0 Å².